The first-order chi connectivity index (χ1) is 17.7. The number of carbonyl (C=O) groups excluding carboxylic acids is 2. The van der Waals surface area contributed by atoms with Gasteiger partial charge in [-0.3, -0.25) is 14.0 Å². The Labute approximate surface area is 210 Å². The van der Waals surface area contributed by atoms with Gasteiger partial charge in [0.2, 0.25) is 5.91 Å². The van der Waals surface area contributed by atoms with Crippen molar-refractivity contribution in [3.8, 4) is 22.5 Å². The lowest BCUT2D eigenvalue weighted by Gasteiger charge is -2.16. The second-order valence-corrected chi connectivity index (χ2v) is 9.74. The Hall–Kier alpha value is -4.00. The summed E-state index contributed by atoms with van der Waals surface area (Å²) in [6, 6.07) is 17.9. The molecule has 7 heteroatoms. The van der Waals surface area contributed by atoms with Crippen LogP contribution >= 0.6 is 0 Å². The van der Waals surface area contributed by atoms with Crippen molar-refractivity contribution >= 4 is 23.2 Å². The summed E-state index contributed by atoms with van der Waals surface area (Å²) in [6.07, 6.45) is 8.43. The Bertz CT molecular complexity index is 1410. The molecule has 2 aliphatic rings. The number of carbonyl (C=O) groups is 2. The third kappa shape index (κ3) is 4.61. The molecule has 1 saturated heterocycles. The van der Waals surface area contributed by atoms with Crippen LogP contribution in [0.1, 0.15) is 42.5 Å². The van der Waals surface area contributed by atoms with Crippen LogP contribution in [0.15, 0.2) is 67.0 Å². The van der Waals surface area contributed by atoms with Crippen molar-refractivity contribution in [1.29, 1.82) is 0 Å². The van der Waals surface area contributed by atoms with E-state index in [1.165, 1.54) is 12.8 Å². The third-order valence-electron chi connectivity index (χ3n) is 7.08. The minimum Gasteiger partial charge on any atom is -0.365 e. The van der Waals surface area contributed by atoms with Gasteiger partial charge in [0.05, 0.1) is 17.6 Å². The lowest BCUT2D eigenvalue weighted by Crippen LogP contribution is -2.30. The maximum Gasteiger partial charge on any atom is 0.222 e. The van der Waals surface area contributed by atoms with E-state index in [1.54, 1.807) is 0 Å². The zero-order valence-electron chi connectivity index (χ0n) is 20.2. The van der Waals surface area contributed by atoms with E-state index in [4.69, 9.17) is 9.97 Å². The molecule has 6 rings (SSSR count). The number of amides is 1. The molecule has 182 valence electrons. The first-order valence-electron chi connectivity index (χ1n) is 12.7. The number of rotatable bonds is 9. The van der Waals surface area contributed by atoms with Crippen LogP contribution in [0.25, 0.3) is 28.2 Å². The summed E-state index contributed by atoms with van der Waals surface area (Å²) in [6.45, 7) is 2.07. The molecule has 0 radical (unpaired) electrons. The number of benzene rings is 2. The van der Waals surface area contributed by atoms with Crippen LogP contribution in [-0.2, 0) is 4.79 Å². The normalized spacial score (nSPS) is 15.6. The van der Waals surface area contributed by atoms with Crippen molar-refractivity contribution in [2.45, 2.75) is 32.1 Å². The number of hydrogen-bond donors (Lipinski definition) is 1. The molecule has 1 aliphatic heterocycles. The van der Waals surface area contributed by atoms with Gasteiger partial charge in [0, 0.05) is 55.4 Å². The van der Waals surface area contributed by atoms with Crippen molar-refractivity contribution in [2.75, 3.05) is 25.0 Å². The van der Waals surface area contributed by atoms with Crippen LogP contribution in [0.2, 0.25) is 0 Å². The highest BCUT2D eigenvalue weighted by Crippen LogP contribution is 2.34. The smallest absolute Gasteiger partial charge is 0.222 e. The van der Waals surface area contributed by atoms with E-state index in [-0.39, 0.29) is 11.7 Å². The molecule has 2 aromatic heterocycles. The number of imidazole rings is 1. The fourth-order valence-corrected chi connectivity index (χ4v) is 4.85. The van der Waals surface area contributed by atoms with Crippen LogP contribution in [0.5, 0.6) is 0 Å². The van der Waals surface area contributed by atoms with Crippen LogP contribution in [-0.4, -0.2) is 50.6 Å². The molecule has 3 heterocycles. The molecule has 0 bridgehead atoms. The largest absolute Gasteiger partial charge is 0.365 e. The van der Waals surface area contributed by atoms with E-state index < -0.39 is 0 Å². The number of fused-ring (bicyclic) bond motifs is 1. The number of nitrogens with zero attached hydrogens (tertiary/aromatic N) is 4. The maximum absolute atomic E-state index is 12.5. The van der Waals surface area contributed by atoms with Crippen LogP contribution in [0.3, 0.4) is 0 Å². The number of ketones is 1. The molecule has 2 fully saturated rings. The number of Topliss-reactive ketones (excluding diaryl/α,β-unsaturated/α-hetero) is 1. The summed E-state index contributed by atoms with van der Waals surface area (Å²) in [5.74, 6) is 1.70. The predicted molar refractivity (Wildman–Crippen MR) is 140 cm³/mol. The topological polar surface area (TPSA) is 79.6 Å². The molecule has 7 nitrogen and oxygen atoms in total. The molecule has 1 amide bonds. The molecule has 0 spiro atoms. The number of nitrogens with one attached hydrogen (secondary N) is 1. The first-order valence-corrected chi connectivity index (χ1v) is 12.7. The Morgan fingerprint density at radius 2 is 1.83 bits per heavy atom. The van der Waals surface area contributed by atoms with Gasteiger partial charge in [0.25, 0.3) is 0 Å². The fourth-order valence-electron chi connectivity index (χ4n) is 4.85. The SMILES string of the molecule is O=C(CC1CC1)c1ccc(-c2cnc3c(NCCN4CCCC4=O)nc(-c4ccccc4)cn23)cc1. The zero-order valence-corrected chi connectivity index (χ0v) is 20.2. The van der Waals surface area contributed by atoms with Gasteiger partial charge in [0.1, 0.15) is 0 Å². The molecular formula is C29H29N5O2. The predicted octanol–water partition coefficient (Wildman–Crippen LogP) is 5.08. The summed E-state index contributed by atoms with van der Waals surface area (Å²) in [5.41, 5.74) is 5.26. The second-order valence-electron chi connectivity index (χ2n) is 9.74. The second kappa shape index (κ2) is 9.57. The van der Waals surface area contributed by atoms with Gasteiger partial charge < -0.3 is 10.2 Å². The van der Waals surface area contributed by atoms with Gasteiger partial charge in [-0.05, 0) is 25.2 Å². The minimum absolute atomic E-state index is 0.218. The average Bonchev–Trinajstić information content (AvgIpc) is 3.47. The van der Waals surface area contributed by atoms with Crippen LogP contribution < -0.4 is 5.32 Å². The van der Waals surface area contributed by atoms with Gasteiger partial charge in [-0.2, -0.15) is 0 Å². The Morgan fingerprint density at radius 3 is 2.56 bits per heavy atom. The van der Waals surface area contributed by atoms with Crippen molar-refractivity contribution in [1.82, 2.24) is 19.3 Å². The third-order valence-corrected chi connectivity index (χ3v) is 7.08. The lowest BCUT2D eigenvalue weighted by atomic mass is 10.0. The van der Waals surface area contributed by atoms with Crippen LogP contribution in [0, 0.1) is 5.92 Å². The van der Waals surface area contributed by atoms with Gasteiger partial charge in [-0.15, -0.1) is 0 Å². The number of aromatic nitrogens is 3. The van der Waals surface area contributed by atoms with Gasteiger partial charge in [-0.1, -0.05) is 54.6 Å². The molecule has 4 aromatic rings. The fraction of sp³-hybridized carbons (Fsp3) is 0.310. The number of likely N-dealkylation sites (tertiary alicyclic amines) is 1. The monoisotopic (exact) mass is 479 g/mol. The molecule has 1 N–H and O–H groups in total. The highest BCUT2D eigenvalue weighted by Gasteiger charge is 2.25. The molecule has 1 aliphatic carbocycles. The average molecular weight is 480 g/mol. The highest BCUT2D eigenvalue weighted by atomic mass is 16.2. The van der Waals surface area contributed by atoms with E-state index in [0.29, 0.717) is 37.7 Å². The highest BCUT2D eigenvalue weighted by molar-refractivity contribution is 5.96. The molecule has 0 atom stereocenters. The summed E-state index contributed by atoms with van der Waals surface area (Å²) < 4.78 is 2.06. The summed E-state index contributed by atoms with van der Waals surface area (Å²) in [4.78, 5) is 36.0. The number of anilines is 1. The van der Waals surface area contributed by atoms with E-state index in [0.717, 1.165) is 46.7 Å². The Morgan fingerprint density at radius 1 is 1.03 bits per heavy atom. The summed E-state index contributed by atoms with van der Waals surface area (Å²) in [5, 5.41) is 3.43. The van der Waals surface area contributed by atoms with E-state index in [9.17, 15) is 9.59 Å². The minimum atomic E-state index is 0.218. The lowest BCUT2D eigenvalue weighted by molar-refractivity contribution is -0.127. The molecule has 36 heavy (non-hydrogen) atoms. The zero-order chi connectivity index (χ0) is 24.5. The van der Waals surface area contributed by atoms with Crippen molar-refractivity contribution < 1.29 is 9.59 Å². The van der Waals surface area contributed by atoms with Crippen LogP contribution in [0.4, 0.5) is 5.82 Å². The summed E-state index contributed by atoms with van der Waals surface area (Å²) >= 11 is 0. The standard InChI is InChI=1S/C29H29N5O2/c35-26(17-20-8-9-20)23-12-10-22(11-13-23)25-18-31-29-28(30-14-16-33-15-4-7-27(33)36)32-24(19-34(25)29)21-5-2-1-3-6-21/h1-3,5-6,10-13,18-20H,4,7-9,14-17H2,(H,30,32). The van der Waals surface area contributed by atoms with Crippen molar-refractivity contribution in [2.24, 2.45) is 5.92 Å². The molecule has 0 unspecified atom stereocenters. The van der Waals surface area contributed by atoms with Gasteiger partial charge >= 0.3 is 0 Å². The summed E-state index contributed by atoms with van der Waals surface area (Å²) in [7, 11) is 0. The Kier molecular flexibility index (Phi) is 5.97. The Balaban J connectivity index is 1.32. The molecule has 1 saturated carbocycles. The van der Waals surface area contributed by atoms with E-state index in [2.05, 4.69) is 9.72 Å². The van der Waals surface area contributed by atoms with E-state index in [1.807, 2.05) is 71.9 Å². The quantitative estimate of drug-likeness (QED) is 0.339. The van der Waals surface area contributed by atoms with E-state index >= 15 is 0 Å². The molecular weight excluding hydrogens is 450 g/mol. The first kappa shape index (κ1) is 22.5. The van der Waals surface area contributed by atoms with Crippen molar-refractivity contribution in [3.05, 3.63) is 72.6 Å². The maximum atomic E-state index is 12.5. The molecule has 2 aromatic carbocycles. The van der Waals surface area contributed by atoms with Gasteiger partial charge in [0.15, 0.2) is 17.2 Å². The van der Waals surface area contributed by atoms with Crippen molar-refractivity contribution in [3.63, 3.8) is 0 Å². The van der Waals surface area contributed by atoms with Gasteiger partial charge in [-0.25, -0.2) is 9.97 Å². The number of hydrogen-bond acceptors (Lipinski definition) is 5.